The van der Waals surface area contributed by atoms with Crippen molar-refractivity contribution in [2.24, 2.45) is 10.9 Å². The first kappa shape index (κ1) is 22.3. The highest BCUT2D eigenvalue weighted by Crippen LogP contribution is 2.40. The topological polar surface area (TPSA) is 108 Å². The minimum atomic E-state index is -0.871. The Balaban J connectivity index is 2.52. The number of unbranched alkanes of at least 4 members (excludes halogenated alkanes) is 2. The van der Waals surface area contributed by atoms with Crippen LogP contribution in [0.15, 0.2) is 40.5 Å². The van der Waals surface area contributed by atoms with Crippen molar-refractivity contribution in [3.63, 3.8) is 0 Å². The molecule has 1 unspecified atom stereocenters. The number of esters is 2. The quantitative estimate of drug-likeness (QED) is 0.282. The molecular formula is C21H26N2O6. The number of non-ortho nitro benzene ring substituents is 1. The molecule has 0 aromatic heterocycles. The first-order valence-corrected chi connectivity index (χ1v) is 9.57. The Hall–Kier alpha value is -3.03. The first-order valence-electron chi connectivity index (χ1n) is 9.57. The third-order valence-corrected chi connectivity index (χ3v) is 4.92. The van der Waals surface area contributed by atoms with E-state index in [2.05, 4.69) is 4.99 Å². The number of benzene rings is 1. The zero-order valence-corrected chi connectivity index (χ0v) is 17.1. The van der Waals surface area contributed by atoms with Crippen molar-refractivity contribution in [1.29, 1.82) is 0 Å². The number of nitro groups is 1. The van der Waals surface area contributed by atoms with Crippen LogP contribution in [-0.2, 0) is 19.1 Å². The summed E-state index contributed by atoms with van der Waals surface area (Å²) in [6.45, 7) is 5.66. The molecule has 0 saturated carbocycles. The second kappa shape index (κ2) is 9.95. The monoisotopic (exact) mass is 402 g/mol. The molecule has 1 aliphatic rings. The number of methoxy groups -OCH3 is 1. The van der Waals surface area contributed by atoms with E-state index in [0.717, 1.165) is 19.3 Å². The molecule has 1 aliphatic heterocycles. The number of hydrogen-bond donors (Lipinski definition) is 0. The second-order valence-electron chi connectivity index (χ2n) is 6.93. The van der Waals surface area contributed by atoms with Gasteiger partial charge in [0, 0.05) is 29.5 Å². The molecule has 0 aliphatic carbocycles. The van der Waals surface area contributed by atoms with Gasteiger partial charge >= 0.3 is 11.9 Å². The first-order chi connectivity index (χ1) is 13.8. The molecule has 0 radical (unpaired) electrons. The Morgan fingerprint density at radius 2 is 1.97 bits per heavy atom. The lowest BCUT2D eigenvalue weighted by Gasteiger charge is -2.31. The molecule has 0 saturated heterocycles. The average molecular weight is 402 g/mol. The van der Waals surface area contributed by atoms with Crippen LogP contribution in [0.5, 0.6) is 0 Å². The molecule has 8 nitrogen and oxygen atoms in total. The lowest BCUT2D eigenvalue weighted by atomic mass is 9.75. The highest BCUT2D eigenvalue weighted by molar-refractivity contribution is 6.07. The summed E-state index contributed by atoms with van der Waals surface area (Å²) in [7, 11) is 1.26. The molecule has 29 heavy (non-hydrogen) atoms. The summed E-state index contributed by atoms with van der Waals surface area (Å²) in [5.41, 5.74) is 1.47. The maximum Gasteiger partial charge on any atom is 0.336 e. The summed E-state index contributed by atoms with van der Waals surface area (Å²) < 4.78 is 10.4. The largest absolute Gasteiger partial charge is 0.468 e. The Bertz CT molecular complexity index is 858. The number of allylic oxidation sites excluding steroid dienone is 1. The van der Waals surface area contributed by atoms with Crippen molar-refractivity contribution >= 4 is 23.3 Å². The zero-order chi connectivity index (χ0) is 21.6. The molecule has 2 atom stereocenters. The fourth-order valence-corrected chi connectivity index (χ4v) is 3.52. The normalized spacial score (nSPS) is 18.8. The van der Waals surface area contributed by atoms with Crippen LogP contribution in [0.1, 0.15) is 51.5 Å². The van der Waals surface area contributed by atoms with Crippen molar-refractivity contribution in [2.45, 2.75) is 46.0 Å². The summed E-state index contributed by atoms with van der Waals surface area (Å²) in [5, 5.41) is 11.2. The molecule has 1 aromatic rings. The third-order valence-electron chi connectivity index (χ3n) is 4.92. The number of carbonyl (C=O) groups excluding carboxylic acids is 2. The highest BCUT2D eigenvalue weighted by atomic mass is 16.6. The van der Waals surface area contributed by atoms with Crippen LogP contribution in [-0.4, -0.2) is 36.3 Å². The Morgan fingerprint density at radius 3 is 2.59 bits per heavy atom. The standard InChI is InChI=1S/C21H26N2O6/c1-5-6-7-11-29-21(25)18-14(3)22-13(2)17(20(24)28-4)19(18)15-9-8-10-16(12-15)23(26)27/h8-10,12,17,19H,5-7,11H2,1-4H3/t17?,19-/m0/s1. The molecule has 156 valence electrons. The van der Waals surface area contributed by atoms with E-state index in [4.69, 9.17) is 9.47 Å². The molecule has 8 heteroatoms. The number of carbonyl (C=O) groups is 2. The molecule has 0 N–H and O–H groups in total. The molecule has 1 heterocycles. The van der Waals surface area contributed by atoms with E-state index < -0.39 is 28.7 Å². The summed E-state index contributed by atoms with van der Waals surface area (Å²) in [6, 6.07) is 5.92. The molecule has 0 fully saturated rings. The van der Waals surface area contributed by atoms with Gasteiger partial charge in [0.05, 0.1) is 24.2 Å². The van der Waals surface area contributed by atoms with E-state index in [9.17, 15) is 19.7 Å². The minimum absolute atomic E-state index is 0.125. The summed E-state index contributed by atoms with van der Waals surface area (Å²) in [5.74, 6) is -2.78. The molecule has 1 aromatic carbocycles. The van der Waals surface area contributed by atoms with Crippen molar-refractivity contribution < 1.29 is 24.0 Å². The fourth-order valence-electron chi connectivity index (χ4n) is 3.52. The van der Waals surface area contributed by atoms with Gasteiger partial charge in [-0.15, -0.1) is 0 Å². The van der Waals surface area contributed by atoms with Gasteiger partial charge in [0.1, 0.15) is 5.92 Å². The SMILES string of the molecule is CCCCCOC(=O)C1=C(C)N=C(C)C(C(=O)OC)[C@@H]1c1cccc([N+](=O)[O-])c1. The summed E-state index contributed by atoms with van der Waals surface area (Å²) in [6.07, 6.45) is 2.66. The number of hydrogen-bond acceptors (Lipinski definition) is 7. The second-order valence-corrected chi connectivity index (χ2v) is 6.93. The number of nitro benzene ring substituents is 1. The maximum atomic E-state index is 12.9. The minimum Gasteiger partial charge on any atom is -0.468 e. The molecule has 0 spiro atoms. The Labute approximate surface area is 169 Å². The van der Waals surface area contributed by atoms with Gasteiger partial charge in [0.15, 0.2) is 0 Å². The van der Waals surface area contributed by atoms with Crippen LogP contribution in [0.3, 0.4) is 0 Å². The lowest BCUT2D eigenvalue weighted by molar-refractivity contribution is -0.384. The maximum absolute atomic E-state index is 12.9. The predicted octanol–water partition coefficient (Wildman–Crippen LogP) is 3.95. The van der Waals surface area contributed by atoms with E-state index in [0.29, 0.717) is 17.0 Å². The van der Waals surface area contributed by atoms with Crippen molar-refractivity contribution in [3.8, 4) is 0 Å². The van der Waals surface area contributed by atoms with E-state index in [1.807, 2.05) is 6.92 Å². The molecule has 2 rings (SSSR count). The van der Waals surface area contributed by atoms with Gasteiger partial charge in [0.2, 0.25) is 0 Å². The predicted molar refractivity (Wildman–Crippen MR) is 108 cm³/mol. The summed E-state index contributed by atoms with van der Waals surface area (Å²) >= 11 is 0. The van der Waals surface area contributed by atoms with Gasteiger partial charge in [-0.3, -0.25) is 19.9 Å². The number of rotatable bonds is 8. The number of ether oxygens (including phenoxy) is 2. The van der Waals surface area contributed by atoms with Gasteiger partial charge in [-0.25, -0.2) is 4.79 Å². The van der Waals surface area contributed by atoms with Crippen molar-refractivity contribution in [3.05, 3.63) is 51.2 Å². The van der Waals surface area contributed by atoms with E-state index in [1.54, 1.807) is 19.9 Å². The van der Waals surface area contributed by atoms with E-state index >= 15 is 0 Å². The lowest BCUT2D eigenvalue weighted by Crippen LogP contribution is -2.36. The van der Waals surface area contributed by atoms with Crippen molar-refractivity contribution in [2.75, 3.05) is 13.7 Å². The van der Waals surface area contributed by atoms with E-state index in [-0.39, 0.29) is 17.9 Å². The molecular weight excluding hydrogens is 376 g/mol. The van der Waals surface area contributed by atoms with Crippen LogP contribution in [0, 0.1) is 16.0 Å². The van der Waals surface area contributed by atoms with Crippen molar-refractivity contribution in [1.82, 2.24) is 0 Å². The fraction of sp³-hybridized carbons (Fsp3) is 0.476. The van der Waals surface area contributed by atoms with Crippen LogP contribution in [0.4, 0.5) is 5.69 Å². The van der Waals surface area contributed by atoms with Gasteiger partial charge < -0.3 is 9.47 Å². The van der Waals surface area contributed by atoms with Crippen LogP contribution in [0.25, 0.3) is 0 Å². The zero-order valence-electron chi connectivity index (χ0n) is 17.1. The van der Waals surface area contributed by atoms with Crippen LogP contribution >= 0.6 is 0 Å². The Kier molecular flexibility index (Phi) is 7.64. The smallest absolute Gasteiger partial charge is 0.336 e. The molecule has 0 bridgehead atoms. The molecule has 0 amide bonds. The number of aliphatic imine (C=N–C) groups is 1. The number of nitrogens with zero attached hydrogens (tertiary/aromatic N) is 2. The Morgan fingerprint density at radius 1 is 1.24 bits per heavy atom. The van der Waals surface area contributed by atoms with Gasteiger partial charge in [-0.2, -0.15) is 0 Å². The van der Waals surface area contributed by atoms with Gasteiger partial charge in [-0.1, -0.05) is 31.9 Å². The highest BCUT2D eigenvalue weighted by Gasteiger charge is 2.42. The van der Waals surface area contributed by atoms with Gasteiger partial charge in [0.25, 0.3) is 5.69 Å². The average Bonchev–Trinajstić information content (AvgIpc) is 2.70. The third kappa shape index (κ3) is 5.07. The summed E-state index contributed by atoms with van der Waals surface area (Å²) in [4.78, 5) is 40.5. The van der Waals surface area contributed by atoms with E-state index in [1.165, 1.54) is 25.3 Å². The van der Waals surface area contributed by atoms with Crippen LogP contribution < -0.4 is 0 Å². The van der Waals surface area contributed by atoms with Gasteiger partial charge in [-0.05, 0) is 25.8 Å². The van der Waals surface area contributed by atoms with Crippen LogP contribution in [0.2, 0.25) is 0 Å².